The number of hydrogen-bond donors (Lipinski definition) is 2. The summed E-state index contributed by atoms with van der Waals surface area (Å²) in [7, 11) is 0. The molecule has 0 saturated carbocycles. The molecule has 0 aliphatic rings. The molecule has 0 aliphatic heterocycles. The maximum Gasteiger partial charge on any atom is 0.241 e. The third-order valence-electron chi connectivity index (χ3n) is 3.38. The highest BCUT2D eigenvalue weighted by Crippen LogP contribution is 2.17. The molecule has 116 valence electrons. The van der Waals surface area contributed by atoms with Gasteiger partial charge in [0.2, 0.25) is 5.91 Å². The molecule has 0 heterocycles. The normalized spacial score (nSPS) is 13.5. The summed E-state index contributed by atoms with van der Waals surface area (Å²) >= 11 is 9.26. The van der Waals surface area contributed by atoms with E-state index in [4.69, 9.17) is 11.6 Å². The van der Waals surface area contributed by atoms with Gasteiger partial charge in [-0.2, -0.15) is 0 Å². The van der Waals surface area contributed by atoms with E-state index in [1.807, 2.05) is 62.4 Å². The van der Waals surface area contributed by atoms with Crippen molar-refractivity contribution in [3.05, 3.63) is 63.6 Å². The SMILES string of the molecule is C[C@H](N[C@@H](C)c1ccc(Cl)cc1)C(=O)Nc1ccc(Br)cc1. The van der Waals surface area contributed by atoms with Crippen LogP contribution in [0.1, 0.15) is 25.5 Å². The Morgan fingerprint density at radius 2 is 1.64 bits per heavy atom. The first-order valence-corrected chi connectivity index (χ1v) is 8.21. The van der Waals surface area contributed by atoms with Crippen LogP contribution in [0.4, 0.5) is 5.69 Å². The van der Waals surface area contributed by atoms with E-state index in [1.54, 1.807) is 0 Å². The number of carbonyl (C=O) groups is 1. The fourth-order valence-corrected chi connectivity index (χ4v) is 2.47. The molecule has 0 radical (unpaired) electrons. The second-order valence-electron chi connectivity index (χ2n) is 5.16. The number of benzene rings is 2. The lowest BCUT2D eigenvalue weighted by molar-refractivity contribution is -0.117. The highest BCUT2D eigenvalue weighted by atomic mass is 79.9. The third-order valence-corrected chi connectivity index (χ3v) is 4.16. The fraction of sp³-hybridized carbons (Fsp3) is 0.235. The zero-order chi connectivity index (χ0) is 16.1. The Hall–Kier alpha value is -1.36. The van der Waals surface area contributed by atoms with Gasteiger partial charge in [-0.15, -0.1) is 0 Å². The number of carbonyl (C=O) groups excluding carboxylic acids is 1. The van der Waals surface area contributed by atoms with Crippen molar-refractivity contribution in [3.63, 3.8) is 0 Å². The van der Waals surface area contributed by atoms with Gasteiger partial charge in [-0.3, -0.25) is 10.1 Å². The molecule has 0 bridgehead atoms. The van der Waals surface area contributed by atoms with Gasteiger partial charge >= 0.3 is 0 Å². The number of hydrogen-bond acceptors (Lipinski definition) is 2. The van der Waals surface area contributed by atoms with Crippen LogP contribution in [0.2, 0.25) is 5.02 Å². The second kappa shape index (κ2) is 7.77. The van der Waals surface area contributed by atoms with Crippen LogP contribution in [0, 0.1) is 0 Å². The molecule has 2 atom stereocenters. The van der Waals surface area contributed by atoms with Crippen molar-refractivity contribution in [2.75, 3.05) is 5.32 Å². The standard InChI is InChI=1S/C17H18BrClN2O/c1-11(13-3-7-15(19)8-4-13)20-12(2)17(22)21-16-9-5-14(18)6-10-16/h3-12,20H,1-2H3,(H,21,22)/t11-,12-/m0/s1. The molecule has 2 N–H and O–H groups in total. The molecule has 0 aromatic heterocycles. The van der Waals surface area contributed by atoms with Crippen molar-refractivity contribution in [1.29, 1.82) is 0 Å². The minimum Gasteiger partial charge on any atom is -0.325 e. The fourth-order valence-electron chi connectivity index (χ4n) is 2.08. The van der Waals surface area contributed by atoms with Gasteiger partial charge in [-0.1, -0.05) is 39.7 Å². The molecule has 0 saturated heterocycles. The molecule has 2 aromatic carbocycles. The summed E-state index contributed by atoms with van der Waals surface area (Å²) in [6.07, 6.45) is 0. The smallest absolute Gasteiger partial charge is 0.241 e. The Kier molecular flexibility index (Phi) is 6.00. The van der Waals surface area contributed by atoms with Gasteiger partial charge in [0.15, 0.2) is 0 Å². The van der Waals surface area contributed by atoms with Crippen LogP contribution in [0.3, 0.4) is 0 Å². The summed E-state index contributed by atoms with van der Waals surface area (Å²) in [5.41, 5.74) is 1.87. The molecule has 5 heteroatoms. The molecule has 0 spiro atoms. The van der Waals surface area contributed by atoms with E-state index in [1.165, 1.54) is 0 Å². The van der Waals surface area contributed by atoms with Crippen LogP contribution in [-0.4, -0.2) is 11.9 Å². The minimum atomic E-state index is -0.311. The maximum atomic E-state index is 12.2. The van der Waals surface area contributed by atoms with E-state index in [2.05, 4.69) is 26.6 Å². The van der Waals surface area contributed by atoms with Crippen LogP contribution in [0.5, 0.6) is 0 Å². The van der Waals surface area contributed by atoms with E-state index in [0.29, 0.717) is 5.02 Å². The lowest BCUT2D eigenvalue weighted by Gasteiger charge is -2.20. The highest BCUT2D eigenvalue weighted by Gasteiger charge is 2.16. The number of amides is 1. The second-order valence-corrected chi connectivity index (χ2v) is 6.51. The molecule has 0 fully saturated rings. The Morgan fingerprint density at radius 3 is 2.23 bits per heavy atom. The Morgan fingerprint density at radius 1 is 1.05 bits per heavy atom. The summed E-state index contributed by atoms with van der Waals surface area (Å²) in [6, 6.07) is 14.9. The maximum absolute atomic E-state index is 12.2. The van der Waals surface area contributed by atoms with Crippen molar-refractivity contribution in [1.82, 2.24) is 5.32 Å². The Balaban J connectivity index is 1.93. The zero-order valence-corrected chi connectivity index (χ0v) is 14.8. The topological polar surface area (TPSA) is 41.1 Å². The van der Waals surface area contributed by atoms with Gasteiger partial charge in [-0.05, 0) is 55.8 Å². The van der Waals surface area contributed by atoms with Crippen molar-refractivity contribution in [2.24, 2.45) is 0 Å². The zero-order valence-electron chi connectivity index (χ0n) is 12.4. The average molecular weight is 382 g/mol. The third kappa shape index (κ3) is 4.83. The highest BCUT2D eigenvalue weighted by molar-refractivity contribution is 9.10. The van der Waals surface area contributed by atoms with Crippen molar-refractivity contribution in [2.45, 2.75) is 25.9 Å². The van der Waals surface area contributed by atoms with Gasteiger partial charge < -0.3 is 5.32 Å². The van der Waals surface area contributed by atoms with Crippen LogP contribution in [0.25, 0.3) is 0 Å². The van der Waals surface area contributed by atoms with Crippen LogP contribution in [-0.2, 0) is 4.79 Å². The number of rotatable bonds is 5. The predicted octanol–water partition coefficient (Wildman–Crippen LogP) is 4.78. The summed E-state index contributed by atoms with van der Waals surface area (Å²) in [6.45, 7) is 3.87. The molecular formula is C17H18BrClN2O. The number of nitrogens with one attached hydrogen (secondary N) is 2. The Bertz CT molecular complexity index is 628. The monoisotopic (exact) mass is 380 g/mol. The molecule has 1 amide bonds. The van der Waals surface area contributed by atoms with Crippen molar-refractivity contribution < 1.29 is 4.79 Å². The molecule has 0 aliphatic carbocycles. The van der Waals surface area contributed by atoms with Gasteiger partial charge in [0, 0.05) is 21.2 Å². The van der Waals surface area contributed by atoms with Crippen molar-refractivity contribution in [3.8, 4) is 0 Å². The molecule has 0 unspecified atom stereocenters. The van der Waals surface area contributed by atoms with Gasteiger partial charge in [0.25, 0.3) is 0 Å². The van der Waals surface area contributed by atoms with E-state index in [-0.39, 0.29) is 18.0 Å². The molecule has 22 heavy (non-hydrogen) atoms. The molecule has 2 rings (SSSR count). The van der Waals surface area contributed by atoms with E-state index in [0.717, 1.165) is 15.7 Å². The number of halogens is 2. The van der Waals surface area contributed by atoms with Crippen LogP contribution >= 0.6 is 27.5 Å². The van der Waals surface area contributed by atoms with Gasteiger partial charge in [0.1, 0.15) is 0 Å². The quantitative estimate of drug-likeness (QED) is 0.782. The van der Waals surface area contributed by atoms with Gasteiger partial charge in [0.05, 0.1) is 6.04 Å². The van der Waals surface area contributed by atoms with Gasteiger partial charge in [-0.25, -0.2) is 0 Å². The van der Waals surface area contributed by atoms with E-state index in [9.17, 15) is 4.79 Å². The summed E-state index contributed by atoms with van der Waals surface area (Å²) in [4.78, 5) is 12.2. The lowest BCUT2D eigenvalue weighted by atomic mass is 10.1. The molecular weight excluding hydrogens is 364 g/mol. The first kappa shape index (κ1) is 17.0. The Labute approximate surface area is 144 Å². The van der Waals surface area contributed by atoms with Crippen LogP contribution in [0.15, 0.2) is 53.0 Å². The summed E-state index contributed by atoms with van der Waals surface area (Å²) < 4.78 is 0.980. The molecule has 2 aromatic rings. The first-order valence-electron chi connectivity index (χ1n) is 7.03. The first-order chi connectivity index (χ1) is 10.5. The van der Waals surface area contributed by atoms with E-state index >= 15 is 0 Å². The average Bonchev–Trinajstić information content (AvgIpc) is 2.50. The van der Waals surface area contributed by atoms with E-state index < -0.39 is 0 Å². The summed E-state index contributed by atoms with van der Waals surface area (Å²) in [5.74, 6) is -0.0665. The lowest BCUT2D eigenvalue weighted by Crippen LogP contribution is -2.39. The predicted molar refractivity (Wildman–Crippen MR) is 95.2 cm³/mol. The largest absolute Gasteiger partial charge is 0.325 e. The minimum absolute atomic E-state index is 0.0583. The molecule has 3 nitrogen and oxygen atoms in total. The summed E-state index contributed by atoms with van der Waals surface area (Å²) in [5, 5.41) is 6.88. The van der Waals surface area contributed by atoms with Crippen molar-refractivity contribution >= 4 is 39.1 Å². The number of anilines is 1. The van der Waals surface area contributed by atoms with Crippen LogP contribution < -0.4 is 10.6 Å².